The van der Waals surface area contributed by atoms with Gasteiger partial charge in [0.2, 0.25) is 5.91 Å². The number of carbonyl (C=O) groups is 2. The van der Waals surface area contributed by atoms with Crippen LogP contribution in [0.3, 0.4) is 0 Å². The van der Waals surface area contributed by atoms with Crippen LogP contribution >= 0.6 is 0 Å². The van der Waals surface area contributed by atoms with E-state index >= 15 is 0 Å². The van der Waals surface area contributed by atoms with Gasteiger partial charge in [-0.3, -0.25) is 14.6 Å². The van der Waals surface area contributed by atoms with Gasteiger partial charge in [-0.05, 0) is 17.7 Å². The van der Waals surface area contributed by atoms with E-state index in [1.165, 1.54) is 18.6 Å². The molecule has 0 radical (unpaired) electrons. The van der Waals surface area contributed by atoms with Crippen molar-refractivity contribution in [1.82, 2.24) is 15.3 Å². The van der Waals surface area contributed by atoms with Crippen LogP contribution in [0.1, 0.15) is 29.9 Å². The molecule has 114 valence electrons. The third-order valence-corrected chi connectivity index (χ3v) is 2.99. The second-order valence-corrected chi connectivity index (χ2v) is 5.11. The molecule has 2 aromatic rings. The molecule has 0 saturated heterocycles. The molecule has 0 atom stereocenters. The minimum Gasteiger partial charge on any atom is -0.347 e. The van der Waals surface area contributed by atoms with Gasteiger partial charge in [-0.2, -0.15) is 0 Å². The van der Waals surface area contributed by atoms with Crippen molar-refractivity contribution in [3.8, 4) is 0 Å². The smallest absolute Gasteiger partial charge is 0.271 e. The minimum atomic E-state index is -0.273. The van der Waals surface area contributed by atoms with Crippen molar-refractivity contribution in [2.75, 3.05) is 5.32 Å². The number of benzene rings is 1. The molecule has 0 spiro atoms. The van der Waals surface area contributed by atoms with Crippen molar-refractivity contribution >= 4 is 17.5 Å². The number of rotatable bonds is 5. The quantitative estimate of drug-likeness (QED) is 0.884. The van der Waals surface area contributed by atoms with Gasteiger partial charge in [0.25, 0.3) is 5.91 Å². The lowest BCUT2D eigenvalue weighted by molar-refractivity contribution is -0.118. The molecule has 22 heavy (non-hydrogen) atoms. The molecule has 2 rings (SSSR count). The molecular weight excluding hydrogens is 280 g/mol. The molecule has 0 saturated carbocycles. The maximum Gasteiger partial charge on any atom is 0.271 e. The molecule has 6 heteroatoms. The van der Waals surface area contributed by atoms with Gasteiger partial charge in [0.1, 0.15) is 5.69 Å². The van der Waals surface area contributed by atoms with Crippen molar-refractivity contribution in [3.63, 3.8) is 0 Å². The normalized spacial score (nSPS) is 10.3. The summed E-state index contributed by atoms with van der Waals surface area (Å²) in [5.74, 6) is -0.361. The van der Waals surface area contributed by atoms with Gasteiger partial charge in [0, 0.05) is 30.5 Å². The van der Waals surface area contributed by atoms with Crippen LogP contribution in [-0.2, 0) is 11.3 Å². The largest absolute Gasteiger partial charge is 0.347 e. The lowest BCUT2D eigenvalue weighted by Gasteiger charge is -2.09. The lowest BCUT2D eigenvalue weighted by Crippen LogP contribution is -2.23. The molecule has 1 aromatic heterocycles. The number of anilines is 1. The van der Waals surface area contributed by atoms with E-state index < -0.39 is 0 Å². The van der Waals surface area contributed by atoms with E-state index in [2.05, 4.69) is 20.6 Å². The van der Waals surface area contributed by atoms with Gasteiger partial charge in [-0.25, -0.2) is 4.98 Å². The fourth-order valence-corrected chi connectivity index (χ4v) is 1.68. The van der Waals surface area contributed by atoms with Crippen molar-refractivity contribution in [1.29, 1.82) is 0 Å². The molecule has 0 fully saturated rings. The van der Waals surface area contributed by atoms with E-state index in [9.17, 15) is 9.59 Å². The van der Waals surface area contributed by atoms with Crippen LogP contribution in [0.5, 0.6) is 0 Å². The molecule has 1 heterocycles. The predicted octanol–water partition coefficient (Wildman–Crippen LogP) is 2.00. The number of amides is 2. The highest BCUT2D eigenvalue weighted by atomic mass is 16.2. The first kappa shape index (κ1) is 15.6. The Balaban J connectivity index is 1.89. The van der Waals surface area contributed by atoms with E-state index in [4.69, 9.17) is 0 Å². The van der Waals surface area contributed by atoms with Crippen molar-refractivity contribution < 1.29 is 9.59 Å². The van der Waals surface area contributed by atoms with E-state index in [1.807, 2.05) is 38.1 Å². The van der Waals surface area contributed by atoms with Crippen LogP contribution in [0, 0.1) is 5.92 Å². The summed E-state index contributed by atoms with van der Waals surface area (Å²) in [4.78, 5) is 31.2. The first-order valence-corrected chi connectivity index (χ1v) is 7.00. The Labute approximate surface area is 129 Å². The number of carbonyl (C=O) groups excluding carboxylic acids is 2. The zero-order chi connectivity index (χ0) is 15.9. The summed E-state index contributed by atoms with van der Waals surface area (Å²) in [7, 11) is 0. The molecule has 1 aromatic carbocycles. The van der Waals surface area contributed by atoms with Crippen molar-refractivity contribution in [2.45, 2.75) is 20.4 Å². The number of hydrogen-bond donors (Lipinski definition) is 2. The maximum absolute atomic E-state index is 11.8. The van der Waals surface area contributed by atoms with Gasteiger partial charge in [-0.15, -0.1) is 0 Å². The highest BCUT2D eigenvalue weighted by Crippen LogP contribution is 2.11. The highest BCUT2D eigenvalue weighted by molar-refractivity contribution is 5.92. The maximum atomic E-state index is 11.8. The number of aromatic nitrogens is 2. The fraction of sp³-hybridized carbons (Fsp3) is 0.250. The Kier molecular flexibility index (Phi) is 5.19. The predicted molar refractivity (Wildman–Crippen MR) is 83.1 cm³/mol. The van der Waals surface area contributed by atoms with Crippen LogP contribution in [0.15, 0.2) is 42.9 Å². The van der Waals surface area contributed by atoms with Gasteiger partial charge in [0.15, 0.2) is 0 Å². The van der Waals surface area contributed by atoms with Crippen LogP contribution in [0.4, 0.5) is 5.69 Å². The van der Waals surface area contributed by atoms with Crippen LogP contribution in [-0.4, -0.2) is 21.8 Å². The van der Waals surface area contributed by atoms with E-state index in [0.717, 1.165) is 11.3 Å². The zero-order valence-corrected chi connectivity index (χ0v) is 12.5. The molecule has 2 amide bonds. The van der Waals surface area contributed by atoms with Crippen molar-refractivity contribution in [2.24, 2.45) is 5.92 Å². The van der Waals surface area contributed by atoms with E-state index in [0.29, 0.717) is 6.54 Å². The molecule has 2 N–H and O–H groups in total. The first-order valence-electron chi connectivity index (χ1n) is 7.00. The molecular formula is C16H18N4O2. The van der Waals surface area contributed by atoms with Crippen molar-refractivity contribution in [3.05, 3.63) is 54.1 Å². The summed E-state index contributed by atoms with van der Waals surface area (Å²) in [5, 5.41) is 5.58. The molecule has 0 aliphatic carbocycles. The molecule has 0 aliphatic heterocycles. The average Bonchev–Trinajstić information content (AvgIpc) is 2.54. The Morgan fingerprint density at radius 2 is 1.86 bits per heavy atom. The lowest BCUT2D eigenvalue weighted by atomic mass is 10.1. The number of nitrogens with zero attached hydrogens (tertiary/aromatic N) is 2. The Morgan fingerprint density at radius 1 is 1.14 bits per heavy atom. The summed E-state index contributed by atoms with van der Waals surface area (Å²) in [6.07, 6.45) is 4.40. The standard InChI is InChI=1S/C16H18N4O2/c1-11(2)15(21)20-13-5-3-12(4-6-13)9-19-16(22)14-10-17-7-8-18-14/h3-8,10-11H,9H2,1-2H3,(H,19,22)(H,20,21). The Bertz CT molecular complexity index is 639. The van der Waals surface area contributed by atoms with Gasteiger partial charge >= 0.3 is 0 Å². The second-order valence-electron chi connectivity index (χ2n) is 5.11. The van der Waals surface area contributed by atoms with E-state index in [-0.39, 0.29) is 23.4 Å². The summed E-state index contributed by atoms with van der Waals surface area (Å²) >= 11 is 0. The van der Waals surface area contributed by atoms with Crippen LogP contribution in [0.2, 0.25) is 0 Å². The van der Waals surface area contributed by atoms with Crippen LogP contribution < -0.4 is 10.6 Å². The highest BCUT2D eigenvalue weighted by Gasteiger charge is 2.08. The molecule has 0 aliphatic rings. The molecule has 0 bridgehead atoms. The second kappa shape index (κ2) is 7.31. The number of hydrogen-bond acceptors (Lipinski definition) is 4. The van der Waals surface area contributed by atoms with Gasteiger partial charge < -0.3 is 10.6 Å². The summed E-state index contributed by atoms with van der Waals surface area (Å²) in [5.41, 5.74) is 1.95. The monoisotopic (exact) mass is 298 g/mol. The Morgan fingerprint density at radius 3 is 2.45 bits per heavy atom. The topological polar surface area (TPSA) is 84.0 Å². The molecule has 6 nitrogen and oxygen atoms in total. The third kappa shape index (κ3) is 4.37. The molecule has 0 unspecified atom stereocenters. The van der Waals surface area contributed by atoms with Gasteiger partial charge in [0.05, 0.1) is 6.20 Å². The minimum absolute atomic E-state index is 0.0243. The SMILES string of the molecule is CC(C)C(=O)Nc1ccc(CNC(=O)c2cnccn2)cc1. The Hall–Kier alpha value is -2.76. The summed E-state index contributed by atoms with van der Waals surface area (Å²) in [6, 6.07) is 7.33. The summed E-state index contributed by atoms with van der Waals surface area (Å²) in [6.45, 7) is 4.06. The van der Waals surface area contributed by atoms with Crippen LogP contribution in [0.25, 0.3) is 0 Å². The fourth-order valence-electron chi connectivity index (χ4n) is 1.68. The third-order valence-electron chi connectivity index (χ3n) is 2.99. The average molecular weight is 298 g/mol. The van der Waals surface area contributed by atoms with Gasteiger partial charge in [-0.1, -0.05) is 26.0 Å². The number of nitrogens with one attached hydrogen (secondary N) is 2. The summed E-state index contributed by atoms with van der Waals surface area (Å²) < 4.78 is 0. The zero-order valence-electron chi connectivity index (χ0n) is 12.5. The van der Waals surface area contributed by atoms with E-state index in [1.54, 1.807) is 0 Å². The first-order chi connectivity index (χ1) is 10.6.